The zero-order valence-electron chi connectivity index (χ0n) is 17.7. The number of rotatable bonds is 4. The Morgan fingerprint density at radius 1 is 1.11 bits per heavy atom. The molecule has 0 saturated carbocycles. The first-order valence-corrected chi connectivity index (χ1v) is 10.3. The van der Waals surface area contributed by atoms with Gasteiger partial charge in [0.05, 0.1) is 6.04 Å². The summed E-state index contributed by atoms with van der Waals surface area (Å²) in [6.07, 6.45) is 2.37. The number of fused-ring (bicyclic) bond motifs is 1. The van der Waals surface area contributed by atoms with Crippen LogP contribution in [0.25, 0.3) is 0 Å². The molecule has 150 valence electrons. The van der Waals surface area contributed by atoms with Gasteiger partial charge in [-0.15, -0.1) is 0 Å². The normalized spacial score (nSPS) is 20.3. The molecule has 2 aliphatic heterocycles. The molecule has 1 amide bonds. The van der Waals surface area contributed by atoms with Gasteiger partial charge in [-0.05, 0) is 37.1 Å². The highest BCUT2D eigenvalue weighted by Crippen LogP contribution is 2.31. The summed E-state index contributed by atoms with van der Waals surface area (Å²) in [6.45, 7) is 12.0. The summed E-state index contributed by atoms with van der Waals surface area (Å²) in [4.78, 5) is 19.7. The van der Waals surface area contributed by atoms with E-state index < -0.39 is 0 Å². The van der Waals surface area contributed by atoms with Gasteiger partial charge in [-0.25, -0.2) is 0 Å². The minimum atomic E-state index is -0.356. The van der Waals surface area contributed by atoms with Crippen molar-refractivity contribution in [1.82, 2.24) is 15.1 Å². The molecule has 5 nitrogen and oxygen atoms in total. The molecule has 0 spiro atoms. The summed E-state index contributed by atoms with van der Waals surface area (Å²) < 4.78 is 0. The number of nitrogens with one attached hydrogen (secondary N) is 1. The summed E-state index contributed by atoms with van der Waals surface area (Å²) in [5, 5.41) is 3.21. The summed E-state index contributed by atoms with van der Waals surface area (Å²) in [7, 11) is 4.36. The number of carbonyl (C=O) groups excluding carboxylic acids is 1. The molecule has 0 radical (unpaired) electrons. The molecule has 2 aliphatic rings. The monoisotopic (exact) mass is 372 g/mol. The van der Waals surface area contributed by atoms with Crippen LogP contribution in [-0.2, 0) is 11.2 Å². The Labute approximate surface area is 164 Å². The van der Waals surface area contributed by atoms with E-state index >= 15 is 0 Å². The molecule has 0 aliphatic carbocycles. The lowest BCUT2D eigenvalue weighted by atomic mass is 9.94. The number of hydrogen-bond acceptors (Lipinski definition) is 4. The van der Waals surface area contributed by atoms with Crippen molar-refractivity contribution >= 4 is 11.6 Å². The summed E-state index contributed by atoms with van der Waals surface area (Å²) in [5.41, 5.74) is 3.79. The lowest BCUT2D eigenvalue weighted by molar-refractivity contribution is -0.128. The van der Waals surface area contributed by atoms with E-state index in [0.717, 1.165) is 39.1 Å². The third-order valence-corrected chi connectivity index (χ3v) is 5.96. The number of piperazine rings is 1. The molecule has 1 atom stereocenters. The number of nitrogens with zero attached hydrogens (tertiary/aromatic N) is 3. The van der Waals surface area contributed by atoms with Crippen LogP contribution >= 0.6 is 0 Å². The second kappa shape index (κ2) is 8.19. The Balaban J connectivity index is 1.82. The Morgan fingerprint density at radius 3 is 2.48 bits per heavy atom. The van der Waals surface area contributed by atoms with Crippen LogP contribution in [0.1, 0.15) is 44.4 Å². The third kappa shape index (κ3) is 4.82. The number of anilines is 1. The van der Waals surface area contributed by atoms with Gasteiger partial charge in [-0.3, -0.25) is 9.69 Å². The van der Waals surface area contributed by atoms with E-state index in [1.807, 2.05) is 20.8 Å². The van der Waals surface area contributed by atoms with Crippen molar-refractivity contribution in [1.29, 1.82) is 0 Å². The van der Waals surface area contributed by atoms with Crippen LogP contribution in [0.15, 0.2) is 18.2 Å². The van der Waals surface area contributed by atoms with Crippen molar-refractivity contribution in [3.05, 3.63) is 29.3 Å². The lowest BCUT2D eigenvalue weighted by Gasteiger charge is -2.39. The molecule has 1 N–H and O–H groups in total. The zero-order valence-corrected chi connectivity index (χ0v) is 17.7. The third-order valence-electron chi connectivity index (χ3n) is 5.96. The van der Waals surface area contributed by atoms with E-state index in [4.69, 9.17) is 0 Å². The predicted molar refractivity (Wildman–Crippen MR) is 112 cm³/mol. The first-order chi connectivity index (χ1) is 12.8. The van der Waals surface area contributed by atoms with Crippen LogP contribution in [0.5, 0.6) is 0 Å². The Hall–Kier alpha value is -1.59. The average molecular weight is 373 g/mol. The lowest BCUT2D eigenvalue weighted by Crippen LogP contribution is -2.49. The van der Waals surface area contributed by atoms with E-state index in [0.29, 0.717) is 6.54 Å². The number of benzene rings is 1. The predicted octanol–water partition coefficient (Wildman–Crippen LogP) is 2.52. The summed E-state index contributed by atoms with van der Waals surface area (Å²) >= 11 is 0. The topological polar surface area (TPSA) is 38.8 Å². The minimum absolute atomic E-state index is 0.124. The van der Waals surface area contributed by atoms with Gasteiger partial charge in [0.2, 0.25) is 5.91 Å². The number of likely N-dealkylation sites (N-methyl/N-ethyl adjacent to an activating group) is 1. The second-order valence-electron chi connectivity index (χ2n) is 9.23. The van der Waals surface area contributed by atoms with Gasteiger partial charge in [0.25, 0.3) is 0 Å². The molecule has 1 aromatic rings. The van der Waals surface area contributed by atoms with Crippen molar-refractivity contribution < 1.29 is 4.79 Å². The highest BCUT2D eigenvalue weighted by atomic mass is 16.2. The standard InChI is InChI=1S/C22H36N4O/c1-22(2,3)21(27)23-16-20(26-13-11-24(4)12-14-26)18-8-9-19-17(15-18)7-6-10-25(19)5/h8-9,15,20H,6-7,10-14,16H2,1-5H3,(H,23,27)/t20-/m1/s1. The molecule has 27 heavy (non-hydrogen) atoms. The molecule has 1 saturated heterocycles. The molecule has 0 bridgehead atoms. The van der Waals surface area contributed by atoms with Gasteiger partial charge in [0.1, 0.15) is 0 Å². The average Bonchev–Trinajstić information content (AvgIpc) is 2.62. The number of carbonyl (C=O) groups is 1. The van der Waals surface area contributed by atoms with Crippen LogP contribution < -0.4 is 10.2 Å². The van der Waals surface area contributed by atoms with Crippen LogP contribution in [0.4, 0.5) is 5.69 Å². The summed E-state index contributed by atoms with van der Waals surface area (Å²) in [5.74, 6) is 0.124. The second-order valence-corrected chi connectivity index (χ2v) is 9.23. The maximum atomic E-state index is 12.5. The van der Waals surface area contributed by atoms with Gasteiger partial charge in [0, 0.05) is 57.4 Å². The van der Waals surface area contributed by atoms with Gasteiger partial charge < -0.3 is 15.1 Å². The molecule has 1 fully saturated rings. The van der Waals surface area contributed by atoms with Crippen LogP contribution in [0, 0.1) is 5.41 Å². The highest BCUT2D eigenvalue weighted by molar-refractivity contribution is 5.81. The van der Waals surface area contributed by atoms with E-state index in [1.165, 1.54) is 23.2 Å². The smallest absolute Gasteiger partial charge is 0.225 e. The molecule has 5 heteroatoms. The Bertz CT molecular complexity index is 659. The van der Waals surface area contributed by atoms with Gasteiger partial charge in [-0.1, -0.05) is 32.9 Å². The van der Waals surface area contributed by atoms with Crippen molar-refractivity contribution in [2.45, 2.75) is 39.7 Å². The van der Waals surface area contributed by atoms with E-state index in [-0.39, 0.29) is 17.4 Å². The van der Waals surface area contributed by atoms with Crippen LogP contribution in [0.2, 0.25) is 0 Å². The fraction of sp³-hybridized carbons (Fsp3) is 0.682. The Kier molecular flexibility index (Phi) is 6.11. The maximum Gasteiger partial charge on any atom is 0.225 e. The number of hydrogen-bond donors (Lipinski definition) is 1. The number of aryl methyl sites for hydroxylation is 1. The van der Waals surface area contributed by atoms with E-state index in [2.05, 4.69) is 52.3 Å². The fourth-order valence-corrected chi connectivity index (χ4v) is 4.06. The molecular weight excluding hydrogens is 336 g/mol. The van der Waals surface area contributed by atoms with Crippen molar-refractivity contribution in [2.24, 2.45) is 5.41 Å². The Morgan fingerprint density at radius 2 is 1.81 bits per heavy atom. The number of amides is 1. The molecule has 1 aromatic carbocycles. The van der Waals surface area contributed by atoms with Crippen molar-refractivity contribution in [2.75, 3.05) is 58.3 Å². The van der Waals surface area contributed by atoms with Gasteiger partial charge in [0.15, 0.2) is 0 Å². The fourth-order valence-electron chi connectivity index (χ4n) is 4.06. The zero-order chi connectivity index (χ0) is 19.6. The largest absolute Gasteiger partial charge is 0.374 e. The van der Waals surface area contributed by atoms with Gasteiger partial charge in [-0.2, -0.15) is 0 Å². The maximum absolute atomic E-state index is 12.5. The van der Waals surface area contributed by atoms with Crippen molar-refractivity contribution in [3.8, 4) is 0 Å². The highest BCUT2D eigenvalue weighted by Gasteiger charge is 2.28. The van der Waals surface area contributed by atoms with E-state index in [9.17, 15) is 4.79 Å². The first-order valence-electron chi connectivity index (χ1n) is 10.3. The SMILES string of the molecule is CN1CCN([C@H](CNC(=O)C(C)(C)C)c2ccc3c(c2)CCCN3C)CC1. The molecular formula is C22H36N4O. The summed E-state index contributed by atoms with van der Waals surface area (Å²) in [6, 6.07) is 7.17. The van der Waals surface area contributed by atoms with Crippen molar-refractivity contribution in [3.63, 3.8) is 0 Å². The molecule has 0 unspecified atom stereocenters. The molecule has 0 aromatic heterocycles. The van der Waals surface area contributed by atoms with Gasteiger partial charge >= 0.3 is 0 Å². The minimum Gasteiger partial charge on any atom is -0.374 e. The first kappa shape index (κ1) is 20.2. The quantitative estimate of drug-likeness (QED) is 0.882. The van der Waals surface area contributed by atoms with Crippen LogP contribution in [-0.4, -0.2) is 69.1 Å². The van der Waals surface area contributed by atoms with Crippen LogP contribution in [0.3, 0.4) is 0 Å². The van der Waals surface area contributed by atoms with E-state index in [1.54, 1.807) is 0 Å². The molecule has 3 rings (SSSR count). The molecule has 2 heterocycles.